The Balaban J connectivity index is 0.00000180. The molecule has 0 radical (unpaired) electrons. The summed E-state index contributed by atoms with van der Waals surface area (Å²) in [6.07, 6.45) is 0.826. The van der Waals surface area contributed by atoms with Crippen LogP contribution in [-0.2, 0) is 6.42 Å². The molecule has 0 bridgehead atoms. The van der Waals surface area contributed by atoms with Crippen molar-refractivity contribution in [2.24, 2.45) is 0 Å². The van der Waals surface area contributed by atoms with Crippen LogP contribution in [0, 0.1) is 0 Å². The van der Waals surface area contributed by atoms with Crippen molar-refractivity contribution in [3.8, 4) is 5.75 Å². The van der Waals surface area contributed by atoms with E-state index in [1.54, 1.807) is 24.3 Å². The van der Waals surface area contributed by atoms with Crippen LogP contribution in [0.2, 0.25) is 0 Å². The molecular weight excluding hydrogens is 227 g/mol. The van der Waals surface area contributed by atoms with Gasteiger partial charge in [-0.1, -0.05) is 42.5 Å². The van der Waals surface area contributed by atoms with E-state index in [1.807, 2.05) is 18.2 Å². The Hall–Kier alpha value is -1.78. The van der Waals surface area contributed by atoms with Crippen LogP contribution in [-0.4, -0.2) is 23.8 Å². The lowest BCUT2D eigenvalue weighted by atomic mass is 9.80. The van der Waals surface area contributed by atoms with E-state index in [0.29, 0.717) is 17.8 Å². The largest absolute Gasteiger partial charge is 0.493 e. The second-order valence-corrected chi connectivity index (χ2v) is 4.03. The first-order valence-electron chi connectivity index (χ1n) is 5.88. The molecule has 2 aromatic carbocycles. The summed E-state index contributed by atoms with van der Waals surface area (Å²) in [5, 5.41) is 18.1. The van der Waals surface area contributed by atoms with E-state index in [4.69, 9.17) is 14.8 Å². The van der Waals surface area contributed by atoms with Gasteiger partial charge in [-0.05, 0) is 23.2 Å². The minimum Gasteiger partial charge on any atom is -0.493 e. The number of hydrogen-bond donors (Lipinski definition) is 2. The summed E-state index contributed by atoms with van der Waals surface area (Å²) < 4.78 is 5.58. The monoisotopic (exact) mass is 246 g/mol. The van der Waals surface area contributed by atoms with E-state index in [-0.39, 0.29) is 2.85 Å². The first kappa shape index (κ1) is 12.7. The fourth-order valence-electron chi connectivity index (χ4n) is 1.70. The lowest BCUT2D eigenvalue weighted by Gasteiger charge is -2.07. The summed E-state index contributed by atoms with van der Waals surface area (Å²) in [7, 11) is -1.46. The van der Waals surface area contributed by atoms with Gasteiger partial charge in [0, 0.05) is 9.27 Å². The van der Waals surface area contributed by atoms with Crippen LogP contribution in [0.25, 0.3) is 0 Å². The third kappa shape index (κ3) is 3.62. The molecule has 0 aromatic heterocycles. The van der Waals surface area contributed by atoms with Gasteiger partial charge in [0.1, 0.15) is 5.75 Å². The van der Waals surface area contributed by atoms with Crippen LogP contribution in [0.4, 0.5) is 0 Å². The van der Waals surface area contributed by atoms with E-state index < -0.39 is 7.12 Å². The van der Waals surface area contributed by atoms with Crippen LogP contribution in [0.15, 0.2) is 54.6 Å². The van der Waals surface area contributed by atoms with E-state index in [0.717, 1.165) is 6.42 Å². The maximum Gasteiger partial charge on any atom is 0.488 e. The van der Waals surface area contributed by atoms with Gasteiger partial charge < -0.3 is 14.8 Å². The zero-order chi connectivity index (χ0) is 12.8. The normalized spacial score (nSPS) is 10.1. The van der Waals surface area contributed by atoms with Crippen molar-refractivity contribution >= 4 is 12.6 Å². The predicted octanol–water partition coefficient (Wildman–Crippen LogP) is 1.48. The van der Waals surface area contributed by atoms with Gasteiger partial charge in [0.2, 0.25) is 0 Å². The molecule has 2 N–H and O–H groups in total. The average Bonchev–Trinajstić information content (AvgIpc) is 2.40. The molecular formula is C14H19BO3. The molecule has 0 saturated carbocycles. The summed E-state index contributed by atoms with van der Waals surface area (Å²) >= 11 is 0. The summed E-state index contributed by atoms with van der Waals surface area (Å²) in [4.78, 5) is 0. The van der Waals surface area contributed by atoms with E-state index in [1.165, 1.54) is 5.56 Å². The lowest BCUT2D eigenvalue weighted by Crippen LogP contribution is -2.29. The van der Waals surface area contributed by atoms with Crippen LogP contribution in [0.3, 0.4) is 0 Å². The Morgan fingerprint density at radius 3 is 2.50 bits per heavy atom. The van der Waals surface area contributed by atoms with Gasteiger partial charge in [0.25, 0.3) is 0 Å². The zero-order valence-electron chi connectivity index (χ0n) is 9.99. The molecule has 0 heterocycles. The number of ether oxygens (including phenoxy) is 1. The molecule has 0 fully saturated rings. The zero-order valence-corrected chi connectivity index (χ0v) is 9.99. The molecule has 0 aliphatic rings. The molecule has 0 saturated heterocycles. The molecule has 0 atom stereocenters. The Labute approximate surface area is 110 Å². The molecule has 2 rings (SSSR count). The highest BCUT2D eigenvalue weighted by atomic mass is 16.5. The molecule has 0 amide bonds. The van der Waals surface area contributed by atoms with Gasteiger partial charge >= 0.3 is 7.12 Å². The van der Waals surface area contributed by atoms with Crippen molar-refractivity contribution in [2.75, 3.05) is 6.61 Å². The third-order valence-electron chi connectivity index (χ3n) is 2.66. The third-order valence-corrected chi connectivity index (χ3v) is 2.66. The molecule has 0 unspecified atom stereocenters. The first-order valence-corrected chi connectivity index (χ1v) is 5.88. The standard InChI is InChI=1S/C14H15BO3.2H2/c16-15(17)13-7-4-8-14(11-13)18-10-9-12-5-2-1-3-6-12;;/h1-8,11,16-17H,9-10H2;2*1H. The van der Waals surface area contributed by atoms with E-state index in [2.05, 4.69) is 12.1 Å². The van der Waals surface area contributed by atoms with Crippen molar-refractivity contribution in [2.45, 2.75) is 6.42 Å². The second-order valence-electron chi connectivity index (χ2n) is 4.03. The van der Waals surface area contributed by atoms with Crippen LogP contribution in [0.1, 0.15) is 8.42 Å². The van der Waals surface area contributed by atoms with Gasteiger partial charge in [-0.3, -0.25) is 0 Å². The molecule has 3 nitrogen and oxygen atoms in total. The highest BCUT2D eigenvalue weighted by Crippen LogP contribution is 2.08. The van der Waals surface area contributed by atoms with Crippen LogP contribution in [0.5, 0.6) is 5.75 Å². The summed E-state index contributed by atoms with van der Waals surface area (Å²) in [5.74, 6) is 0.650. The van der Waals surface area contributed by atoms with Gasteiger partial charge in [0.15, 0.2) is 0 Å². The number of rotatable bonds is 5. The molecule has 0 aliphatic carbocycles. The van der Waals surface area contributed by atoms with E-state index in [9.17, 15) is 0 Å². The molecule has 0 spiro atoms. The van der Waals surface area contributed by atoms with Gasteiger partial charge in [-0.25, -0.2) is 0 Å². The maximum atomic E-state index is 9.05. The Bertz CT molecular complexity index is 495. The SMILES string of the molecule is OB(O)c1cccc(OCCc2ccccc2)c1.[HH].[HH]. The molecule has 2 aromatic rings. The maximum absolute atomic E-state index is 9.05. The topological polar surface area (TPSA) is 49.7 Å². The Morgan fingerprint density at radius 1 is 1.00 bits per heavy atom. The Morgan fingerprint density at radius 2 is 1.78 bits per heavy atom. The summed E-state index contributed by atoms with van der Waals surface area (Å²) in [6, 6.07) is 16.9. The van der Waals surface area contributed by atoms with Crippen molar-refractivity contribution < 1.29 is 17.6 Å². The fourth-order valence-corrected chi connectivity index (χ4v) is 1.70. The van der Waals surface area contributed by atoms with Crippen LogP contribution < -0.4 is 10.2 Å². The van der Waals surface area contributed by atoms with Gasteiger partial charge in [0.05, 0.1) is 6.61 Å². The van der Waals surface area contributed by atoms with Crippen molar-refractivity contribution in [1.29, 1.82) is 0 Å². The quantitative estimate of drug-likeness (QED) is 0.785. The minimum atomic E-state index is -1.46. The molecule has 18 heavy (non-hydrogen) atoms. The van der Waals surface area contributed by atoms with Crippen LogP contribution >= 0.6 is 0 Å². The van der Waals surface area contributed by atoms with Gasteiger partial charge in [-0.2, -0.15) is 0 Å². The van der Waals surface area contributed by atoms with Crippen molar-refractivity contribution in [1.82, 2.24) is 0 Å². The smallest absolute Gasteiger partial charge is 0.488 e. The molecule has 4 heteroatoms. The minimum absolute atomic E-state index is 0. The van der Waals surface area contributed by atoms with Gasteiger partial charge in [-0.15, -0.1) is 0 Å². The average molecular weight is 246 g/mol. The first-order chi connectivity index (χ1) is 8.75. The molecule has 0 aliphatic heterocycles. The van der Waals surface area contributed by atoms with Crippen molar-refractivity contribution in [3.63, 3.8) is 0 Å². The predicted molar refractivity (Wildman–Crippen MR) is 76.1 cm³/mol. The number of benzene rings is 2. The highest BCUT2D eigenvalue weighted by molar-refractivity contribution is 6.58. The summed E-state index contributed by atoms with van der Waals surface area (Å²) in [6.45, 7) is 0.564. The highest BCUT2D eigenvalue weighted by Gasteiger charge is 2.10. The number of hydrogen-bond acceptors (Lipinski definition) is 3. The van der Waals surface area contributed by atoms with E-state index >= 15 is 0 Å². The lowest BCUT2D eigenvalue weighted by molar-refractivity contribution is 0.322. The van der Waals surface area contributed by atoms with Crippen molar-refractivity contribution in [3.05, 3.63) is 60.2 Å². The summed E-state index contributed by atoms with van der Waals surface area (Å²) in [5.41, 5.74) is 1.66. The second kappa shape index (κ2) is 6.24. The molecule has 96 valence electrons. The Kier molecular flexibility index (Phi) is 4.39. The fraction of sp³-hybridized carbons (Fsp3) is 0.143.